The molecular weight excluding hydrogens is 468 g/mol. The molecular formula is C27H41ClN2O5. The van der Waals surface area contributed by atoms with Gasteiger partial charge >= 0.3 is 0 Å². The predicted octanol–water partition coefficient (Wildman–Crippen LogP) is 4.18. The lowest BCUT2D eigenvalue weighted by Gasteiger charge is -2.32. The summed E-state index contributed by atoms with van der Waals surface area (Å²) >= 11 is 0. The highest BCUT2D eigenvalue weighted by Gasteiger charge is 2.36. The molecule has 0 heterocycles. The zero-order valence-corrected chi connectivity index (χ0v) is 22.5. The number of benzene rings is 2. The molecule has 0 bridgehead atoms. The highest BCUT2D eigenvalue weighted by molar-refractivity contribution is 5.85. The molecule has 2 unspecified atom stereocenters. The van der Waals surface area contributed by atoms with Gasteiger partial charge in [0.15, 0.2) is 11.5 Å². The summed E-state index contributed by atoms with van der Waals surface area (Å²) in [4.78, 5) is 2.09. The van der Waals surface area contributed by atoms with Gasteiger partial charge < -0.3 is 29.7 Å². The second-order valence-corrected chi connectivity index (χ2v) is 8.90. The molecule has 0 saturated heterocycles. The van der Waals surface area contributed by atoms with Crippen molar-refractivity contribution in [2.24, 2.45) is 5.92 Å². The summed E-state index contributed by atoms with van der Waals surface area (Å²) in [5.74, 6) is 2.20. The lowest BCUT2D eigenvalue weighted by molar-refractivity contribution is 0.0751. The Morgan fingerprint density at radius 3 is 2.29 bits per heavy atom. The van der Waals surface area contributed by atoms with E-state index in [0.717, 1.165) is 29.8 Å². The van der Waals surface area contributed by atoms with Gasteiger partial charge in [-0.15, -0.1) is 12.4 Å². The largest absolute Gasteiger partial charge is 0.493 e. The van der Waals surface area contributed by atoms with Crippen molar-refractivity contribution in [1.29, 1.82) is 5.26 Å². The third-order valence-electron chi connectivity index (χ3n) is 6.24. The Bertz CT molecular complexity index is 934. The van der Waals surface area contributed by atoms with Crippen LogP contribution >= 0.6 is 12.4 Å². The highest BCUT2D eigenvalue weighted by Crippen LogP contribution is 2.40. The molecule has 0 aliphatic carbocycles. The molecule has 2 atom stereocenters. The number of rotatable bonds is 13. The molecule has 8 heteroatoms. The molecule has 0 aliphatic heterocycles. The first-order chi connectivity index (χ1) is 15.8. The van der Waals surface area contributed by atoms with Crippen LogP contribution in [0.15, 0.2) is 42.5 Å². The van der Waals surface area contributed by atoms with E-state index in [1.165, 1.54) is 0 Å². The van der Waals surface area contributed by atoms with E-state index in [4.69, 9.17) is 14.2 Å². The number of nitriles is 1. The molecule has 3 N–H and O–H groups in total. The number of nitrogens with zero attached hydrogens (tertiary/aromatic N) is 2. The summed E-state index contributed by atoms with van der Waals surface area (Å²) < 4.78 is 16.6. The Morgan fingerprint density at radius 1 is 1.06 bits per heavy atom. The molecule has 0 saturated carbocycles. The molecule has 2 rings (SSSR count). The molecule has 2 aromatic rings. The maximum atomic E-state index is 10.4. The van der Waals surface area contributed by atoms with Crippen molar-refractivity contribution in [1.82, 2.24) is 4.90 Å². The third kappa shape index (κ3) is 8.59. The molecule has 0 spiro atoms. The number of halogens is 1. The number of aliphatic hydroxyl groups excluding tert-OH is 1. The van der Waals surface area contributed by atoms with E-state index in [9.17, 15) is 10.4 Å². The Labute approximate surface area is 216 Å². The van der Waals surface area contributed by atoms with Gasteiger partial charge in [-0.1, -0.05) is 38.1 Å². The van der Waals surface area contributed by atoms with Crippen molar-refractivity contribution >= 4 is 12.4 Å². The van der Waals surface area contributed by atoms with Crippen molar-refractivity contribution in [2.75, 3.05) is 41.0 Å². The summed E-state index contributed by atoms with van der Waals surface area (Å²) in [5.41, 5.74) is 1.36. The first-order valence-electron chi connectivity index (χ1n) is 11.5. The van der Waals surface area contributed by atoms with E-state index in [1.807, 2.05) is 56.4 Å². The van der Waals surface area contributed by atoms with Crippen LogP contribution in [0.4, 0.5) is 0 Å². The molecule has 0 aliphatic rings. The second kappa shape index (κ2) is 15.5. The van der Waals surface area contributed by atoms with E-state index < -0.39 is 11.5 Å². The number of hydrogen-bond acceptors (Lipinski definition) is 6. The summed E-state index contributed by atoms with van der Waals surface area (Å²) in [6.45, 7) is 7.67. The van der Waals surface area contributed by atoms with Gasteiger partial charge in [-0.25, -0.2) is 0 Å². The van der Waals surface area contributed by atoms with Crippen molar-refractivity contribution in [3.8, 4) is 23.3 Å². The van der Waals surface area contributed by atoms with Crippen LogP contribution in [0.2, 0.25) is 0 Å². The Hall–Kier alpha value is -2.50. The zero-order chi connectivity index (χ0) is 24.4. The second-order valence-electron chi connectivity index (χ2n) is 8.90. The first-order valence-corrected chi connectivity index (χ1v) is 11.5. The van der Waals surface area contributed by atoms with Gasteiger partial charge in [0.2, 0.25) is 0 Å². The minimum atomic E-state index is -0.632. The van der Waals surface area contributed by atoms with E-state index in [0.29, 0.717) is 24.5 Å². The van der Waals surface area contributed by atoms with Crippen molar-refractivity contribution in [3.05, 3.63) is 53.6 Å². The molecule has 7 nitrogen and oxygen atoms in total. The van der Waals surface area contributed by atoms with Gasteiger partial charge in [0.25, 0.3) is 0 Å². The fourth-order valence-corrected chi connectivity index (χ4v) is 4.17. The number of likely N-dealkylation sites (N-methyl/N-ethyl adjacent to an activating group) is 1. The van der Waals surface area contributed by atoms with E-state index in [2.05, 4.69) is 24.8 Å². The SMILES string of the molecule is COc1ccc(C(C#N)(CCCN(C)CC(O)COc2ccccc2C)C(C)C)cc1OC.Cl.O. The smallest absolute Gasteiger partial charge is 0.161 e. The van der Waals surface area contributed by atoms with Crippen LogP contribution in [-0.2, 0) is 5.41 Å². The van der Waals surface area contributed by atoms with Gasteiger partial charge in [-0.2, -0.15) is 5.26 Å². The summed E-state index contributed by atoms with van der Waals surface area (Å²) in [5, 5.41) is 20.6. The van der Waals surface area contributed by atoms with Gasteiger partial charge in [-0.05, 0) is 68.6 Å². The lowest BCUT2D eigenvalue weighted by atomic mass is 9.69. The van der Waals surface area contributed by atoms with Gasteiger partial charge in [-0.3, -0.25) is 0 Å². The van der Waals surface area contributed by atoms with Crippen LogP contribution in [0.25, 0.3) is 0 Å². The van der Waals surface area contributed by atoms with Gasteiger partial charge in [0, 0.05) is 6.54 Å². The van der Waals surface area contributed by atoms with Crippen LogP contribution in [0.1, 0.15) is 37.8 Å². The molecule has 0 amide bonds. The maximum Gasteiger partial charge on any atom is 0.161 e. The van der Waals surface area contributed by atoms with Crippen LogP contribution in [-0.4, -0.2) is 62.6 Å². The summed E-state index contributed by atoms with van der Waals surface area (Å²) in [6, 6.07) is 16.1. The average Bonchev–Trinajstić information content (AvgIpc) is 2.80. The van der Waals surface area contributed by atoms with E-state index >= 15 is 0 Å². The fraction of sp³-hybridized carbons (Fsp3) is 0.519. The monoisotopic (exact) mass is 508 g/mol. The van der Waals surface area contributed by atoms with Crippen LogP contribution < -0.4 is 14.2 Å². The van der Waals surface area contributed by atoms with Crippen LogP contribution in [0.3, 0.4) is 0 Å². The normalized spacial score (nSPS) is 13.1. The predicted molar refractivity (Wildman–Crippen MR) is 142 cm³/mol. The first kappa shape index (κ1) is 32.5. The molecule has 196 valence electrons. The van der Waals surface area contributed by atoms with E-state index in [1.54, 1.807) is 14.2 Å². The van der Waals surface area contributed by atoms with Gasteiger partial charge in [0.1, 0.15) is 18.5 Å². The van der Waals surface area contributed by atoms with Crippen molar-refractivity contribution in [3.63, 3.8) is 0 Å². The minimum absolute atomic E-state index is 0. The average molecular weight is 509 g/mol. The number of para-hydroxylation sites is 1. The Kier molecular flexibility index (Phi) is 14.4. The van der Waals surface area contributed by atoms with E-state index in [-0.39, 0.29) is 30.4 Å². The van der Waals surface area contributed by atoms with Crippen molar-refractivity contribution < 1.29 is 24.8 Å². The number of aliphatic hydroxyl groups is 1. The number of hydrogen-bond donors (Lipinski definition) is 1. The maximum absolute atomic E-state index is 10.4. The molecule has 0 aromatic heterocycles. The van der Waals surface area contributed by atoms with Gasteiger partial charge in [0.05, 0.1) is 25.7 Å². The third-order valence-corrected chi connectivity index (χ3v) is 6.24. The van der Waals surface area contributed by atoms with Crippen LogP contribution in [0.5, 0.6) is 17.2 Å². The lowest BCUT2D eigenvalue weighted by Crippen LogP contribution is -2.35. The quantitative estimate of drug-likeness (QED) is 0.435. The number of aryl methyl sites for hydroxylation is 1. The molecule has 0 fully saturated rings. The van der Waals surface area contributed by atoms with Crippen LogP contribution in [0, 0.1) is 24.2 Å². The molecule has 0 radical (unpaired) electrons. The highest BCUT2D eigenvalue weighted by atomic mass is 35.5. The van der Waals surface area contributed by atoms with Crippen molar-refractivity contribution in [2.45, 2.75) is 45.1 Å². The topological polar surface area (TPSA) is 106 Å². The molecule has 2 aromatic carbocycles. The minimum Gasteiger partial charge on any atom is -0.493 e. The fourth-order valence-electron chi connectivity index (χ4n) is 4.17. The zero-order valence-electron chi connectivity index (χ0n) is 21.7. The number of ether oxygens (including phenoxy) is 3. The number of methoxy groups -OCH3 is 2. The Balaban J connectivity index is 0.00000578. The standard InChI is InChI=1S/C27H38N2O4.ClH.H2O/c1-20(2)27(19-28,22-12-13-25(31-5)26(16-22)32-6)14-9-15-29(4)17-23(30)18-33-24-11-8-7-10-21(24)3;;/h7-8,10-13,16,20,23,30H,9,14-15,17-18H2,1-6H3;1H;1H2. The Morgan fingerprint density at radius 2 is 1.71 bits per heavy atom. The summed E-state index contributed by atoms with van der Waals surface area (Å²) in [7, 11) is 5.19. The molecule has 35 heavy (non-hydrogen) atoms. The summed E-state index contributed by atoms with van der Waals surface area (Å²) in [6.07, 6.45) is 0.935.